The lowest BCUT2D eigenvalue weighted by Crippen LogP contribution is -2.50. The smallest absolute Gasteiger partial charge is 0.253 e. The minimum atomic E-state index is -0.202. The molecule has 0 aliphatic carbocycles. The summed E-state index contributed by atoms with van der Waals surface area (Å²) in [6.07, 6.45) is 3.06. The molecule has 30 heavy (non-hydrogen) atoms. The molecule has 0 radical (unpaired) electrons. The third-order valence-corrected chi connectivity index (χ3v) is 5.74. The van der Waals surface area contributed by atoms with Crippen LogP contribution in [0.5, 0.6) is 0 Å². The average Bonchev–Trinajstić information content (AvgIpc) is 2.76. The molecule has 10 nitrogen and oxygen atoms in total. The lowest BCUT2D eigenvalue weighted by Gasteiger charge is -2.36. The highest BCUT2D eigenvalue weighted by Crippen LogP contribution is 2.20. The van der Waals surface area contributed by atoms with Crippen LogP contribution in [0.15, 0.2) is 29.6 Å². The quantitative estimate of drug-likeness (QED) is 0.660. The van der Waals surface area contributed by atoms with Gasteiger partial charge in [-0.15, -0.1) is 0 Å². The first-order valence-corrected chi connectivity index (χ1v) is 10.3. The summed E-state index contributed by atoms with van der Waals surface area (Å²) in [5.74, 6) is 1.78. The maximum absolute atomic E-state index is 12.6. The zero-order chi connectivity index (χ0) is 21.1. The monoisotopic (exact) mass is 412 g/mol. The topological polar surface area (TPSA) is 90.7 Å². The number of hydrogen-bond donors (Lipinski definition) is 0. The Kier molecular flexibility index (Phi) is 5.93. The number of rotatable bonds is 4. The van der Waals surface area contributed by atoms with Crippen molar-refractivity contribution in [2.75, 3.05) is 69.2 Å². The Morgan fingerprint density at radius 2 is 1.50 bits per heavy atom. The number of carbonyl (C=O) groups is 1. The predicted molar refractivity (Wildman–Crippen MR) is 114 cm³/mol. The van der Waals surface area contributed by atoms with Gasteiger partial charge in [-0.2, -0.15) is 0 Å². The third-order valence-electron chi connectivity index (χ3n) is 5.74. The third kappa shape index (κ3) is 4.59. The van der Waals surface area contributed by atoms with Crippen LogP contribution in [-0.2, 0) is 11.3 Å². The molecule has 4 heterocycles. The molecule has 2 aromatic rings. The van der Waals surface area contributed by atoms with E-state index in [1.165, 1.54) is 17.0 Å². The molecule has 2 aliphatic heterocycles. The van der Waals surface area contributed by atoms with Crippen LogP contribution in [0.3, 0.4) is 0 Å². The van der Waals surface area contributed by atoms with Crippen molar-refractivity contribution in [3.63, 3.8) is 0 Å². The summed E-state index contributed by atoms with van der Waals surface area (Å²) in [5.41, 5.74) is 0.449. The normalized spacial score (nSPS) is 18.0. The van der Waals surface area contributed by atoms with E-state index in [9.17, 15) is 9.59 Å². The number of nitrogens with zero attached hydrogens (tertiary/aromatic N) is 8. The number of aromatic nitrogens is 4. The van der Waals surface area contributed by atoms with Crippen molar-refractivity contribution in [1.82, 2.24) is 29.3 Å². The van der Waals surface area contributed by atoms with Gasteiger partial charge < -0.3 is 19.6 Å². The highest BCUT2D eigenvalue weighted by atomic mass is 16.2. The first kappa shape index (κ1) is 20.3. The molecule has 10 heteroatoms. The molecular formula is C20H28N8O2. The molecule has 2 aromatic heterocycles. The first-order chi connectivity index (χ1) is 14.5. The maximum Gasteiger partial charge on any atom is 0.253 e. The molecule has 0 bridgehead atoms. The minimum Gasteiger partial charge on any atom is -0.354 e. The van der Waals surface area contributed by atoms with Crippen LogP contribution >= 0.6 is 0 Å². The van der Waals surface area contributed by atoms with E-state index in [0.717, 1.165) is 37.8 Å². The molecule has 2 fully saturated rings. The summed E-state index contributed by atoms with van der Waals surface area (Å²) in [5, 5.41) is 0. The van der Waals surface area contributed by atoms with Crippen molar-refractivity contribution >= 4 is 17.5 Å². The van der Waals surface area contributed by atoms with Gasteiger partial charge in [0, 0.05) is 70.2 Å². The highest BCUT2D eigenvalue weighted by Gasteiger charge is 2.23. The molecule has 0 saturated carbocycles. The van der Waals surface area contributed by atoms with Gasteiger partial charge in [-0.3, -0.25) is 14.2 Å². The van der Waals surface area contributed by atoms with Crippen molar-refractivity contribution < 1.29 is 4.79 Å². The summed E-state index contributed by atoms with van der Waals surface area (Å²) in [7, 11) is 2.13. The van der Waals surface area contributed by atoms with Gasteiger partial charge >= 0.3 is 0 Å². The molecule has 0 unspecified atom stereocenters. The lowest BCUT2D eigenvalue weighted by atomic mass is 10.3. The van der Waals surface area contributed by atoms with Crippen LogP contribution in [0.25, 0.3) is 0 Å². The maximum atomic E-state index is 12.6. The summed E-state index contributed by atoms with van der Waals surface area (Å²) in [6, 6.07) is 3.48. The summed E-state index contributed by atoms with van der Waals surface area (Å²) in [6.45, 7) is 8.35. The summed E-state index contributed by atoms with van der Waals surface area (Å²) >= 11 is 0. The zero-order valence-electron chi connectivity index (χ0n) is 17.6. The van der Waals surface area contributed by atoms with Crippen molar-refractivity contribution in [1.29, 1.82) is 0 Å². The van der Waals surface area contributed by atoms with E-state index in [1.807, 2.05) is 6.07 Å². The fourth-order valence-corrected chi connectivity index (χ4v) is 3.78. The summed E-state index contributed by atoms with van der Waals surface area (Å²) < 4.78 is 1.36. The number of anilines is 2. The van der Waals surface area contributed by atoms with Gasteiger partial charge in [-0.05, 0) is 14.0 Å². The fraction of sp³-hybridized carbons (Fsp3) is 0.550. The second-order valence-electron chi connectivity index (χ2n) is 7.89. The number of likely N-dealkylation sites (N-methyl/N-ethyl adjacent to an activating group) is 1. The van der Waals surface area contributed by atoms with E-state index in [2.05, 4.69) is 36.7 Å². The number of amides is 1. The van der Waals surface area contributed by atoms with Crippen LogP contribution < -0.4 is 15.4 Å². The van der Waals surface area contributed by atoms with E-state index in [0.29, 0.717) is 31.9 Å². The van der Waals surface area contributed by atoms with Crippen molar-refractivity contribution in [3.05, 3.63) is 40.8 Å². The van der Waals surface area contributed by atoms with Crippen LogP contribution in [0, 0.1) is 6.92 Å². The van der Waals surface area contributed by atoms with Crippen molar-refractivity contribution in [2.24, 2.45) is 0 Å². The Labute approximate surface area is 175 Å². The van der Waals surface area contributed by atoms with Crippen molar-refractivity contribution in [2.45, 2.75) is 13.5 Å². The van der Waals surface area contributed by atoms with Gasteiger partial charge in [0.25, 0.3) is 5.56 Å². The van der Waals surface area contributed by atoms with Gasteiger partial charge in [-0.25, -0.2) is 15.0 Å². The molecule has 2 aliphatic rings. The van der Waals surface area contributed by atoms with Gasteiger partial charge in [0.15, 0.2) is 0 Å². The fourth-order valence-electron chi connectivity index (χ4n) is 3.78. The van der Waals surface area contributed by atoms with E-state index in [4.69, 9.17) is 0 Å². The number of aryl methyl sites for hydroxylation is 1. The van der Waals surface area contributed by atoms with Crippen LogP contribution in [0.4, 0.5) is 11.6 Å². The molecular weight excluding hydrogens is 384 g/mol. The first-order valence-electron chi connectivity index (χ1n) is 10.3. The average molecular weight is 412 g/mol. The Morgan fingerprint density at radius 3 is 2.10 bits per heavy atom. The molecule has 0 aromatic carbocycles. The second-order valence-corrected chi connectivity index (χ2v) is 7.89. The van der Waals surface area contributed by atoms with Gasteiger partial charge in [-0.1, -0.05) is 0 Å². The Bertz CT molecular complexity index is 946. The second kappa shape index (κ2) is 8.78. The van der Waals surface area contributed by atoms with Gasteiger partial charge in [0.05, 0.1) is 6.33 Å². The molecule has 4 rings (SSSR count). The van der Waals surface area contributed by atoms with Gasteiger partial charge in [0.1, 0.15) is 24.5 Å². The molecule has 0 spiro atoms. The van der Waals surface area contributed by atoms with E-state index in [1.54, 1.807) is 18.2 Å². The van der Waals surface area contributed by atoms with Crippen LogP contribution in [-0.4, -0.2) is 94.6 Å². The largest absolute Gasteiger partial charge is 0.354 e. The van der Waals surface area contributed by atoms with E-state index in [-0.39, 0.29) is 18.0 Å². The molecule has 1 amide bonds. The van der Waals surface area contributed by atoms with Crippen molar-refractivity contribution in [3.8, 4) is 0 Å². The Balaban J connectivity index is 1.34. The standard InChI is InChI=1S/C20H28N8O2/c1-16-11-19(29)28(15-23-16)13-20(30)27-9-7-26(8-10-27)18-12-17(21-14-22-18)25-5-3-24(2)4-6-25/h11-12,14-15H,3-10,13H2,1-2H3. The van der Waals surface area contributed by atoms with Gasteiger partial charge in [0.2, 0.25) is 5.91 Å². The predicted octanol–water partition coefficient (Wildman–Crippen LogP) is -0.558. The molecule has 0 atom stereocenters. The molecule has 0 N–H and O–H groups in total. The van der Waals surface area contributed by atoms with E-state index >= 15 is 0 Å². The number of piperazine rings is 2. The minimum absolute atomic E-state index is 0.0210. The lowest BCUT2D eigenvalue weighted by molar-refractivity contribution is -0.132. The van der Waals surface area contributed by atoms with E-state index < -0.39 is 0 Å². The number of hydrogen-bond acceptors (Lipinski definition) is 8. The summed E-state index contributed by atoms with van der Waals surface area (Å²) in [4.78, 5) is 46.2. The Hall–Kier alpha value is -3.01. The SMILES string of the molecule is Cc1cc(=O)n(CC(=O)N2CCN(c3cc(N4CCN(C)CC4)ncn3)CC2)cn1. The highest BCUT2D eigenvalue weighted by molar-refractivity contribution is 5.76. The molecule has 2 saturated heterocycles. The Morgan fingerprint density at radius 1 is 0.900 bits per heavy atom. The zero-order valence-corrected chi connectivity index (χ0v) is 17.6. The van der Waals surface area contributed by atoms with Crippen LogP contribution in [0.2, 0.25) is 0 Å². The van der Waals surface area contributed by atoms with Crippen LogP contribution in [0.1, 0.15) is 5.69 Å². The number of carbonyl (C=O) groups excluding carboxylic acids is 1. The molecule has 160 valence electrons.